The number of aryl methyl sites for hydroxylation is 1. The third-order valence-corrected chi connectivity index (χ3v) is 2.32. The fourth-order valence-corrected chi connectivity index (χ4v) is 1.51. The van der Waals surface area contributed by atoms with Gasteiger partial charge in [0, 0.05) is 24.4 Å². The van der Waals surface area contributed by atoms with E-state index in [9.17, 15) is 4.39 Å². The van der Waals surface area contributed by atoms with Crippen LogP contribution >= 0.6 is 0 Å². The number of halogens is 1. The zero-order chi connectivity index (χ0) is 10.8. The van der Waals surface area contributed by atoms with Crippen LogP contribution in [-0.4, -0.2) is 9.78 Å². The molecule has 0 aliphatic carbocycles. The van der Waals surface area contributed by atoms with Crippen LogP contribution in [0.1, 0.15) is 17.2 Å². The zero-order valence-corrected chi connectivity index (χ0v) is 8.39. The van der Waals surface area contributed by atoms with Gasteiger partial charge in [-0.25, -0.2) is 4.39 Å². The molecule has 0 aliphatic heterocycles. The van der Waals surface area contributed by atoms with Crippen molar-refractivity contribution in [3.05, 3.63) is 53.6 Å². The van der Waals surface area contributed by atoms with Gasteiger partial charge in [0.2, 0.25) is 0 Å². The Morgan fingerprint density at radius 3 is 2.73 bits per heavy atom. The van der Waals surface area contributed by atoms with E-state index in [0.717, 1.165) is 5.56 Å². The van der Waals surface area contributed by atoms with E-state index in [4.69, 9.17) is 5.73 Å². The summed E-state index contributed by atoms with van der Waals surface area (Å²) in [6.07, 6.45) is 3.44. The Morgan fingerprint density at radius 1 is 1.40 bits per heavy atom. The highest BCUT2D eigenvalue weighted by Crippen LogP contribution is 2.20. The first-order chi connectivity index (χ1) is 7.18. The first kappa shape index (κ1) is 9.86. The summed E-state index contributed by atoms with van der Waals surface area (Å²) >= 11 is 0. The molecule has 0 bridgehead atoms. The van der Waals surface area contributed by atoms with E-state index in [0.29, 0.717) is 5.56 Å². The third-order valence-electron chi connectivity index (χ3n) is 2.32. The van der Waals surface area contributed by atoms with Crippen molar-refractivity contribution in [2.45, 2.75) is 6.04 Å². The second-order valence-electron chi connectivity index (χ2n) is 3.45. The Morgan fingerprint density at radius 2 is 2.13 bits per heavy atom. The fourth-order valence-electron chi connectivity index (χ4n) is 1.51. The lowest BCUT2D eigenvalue weighted by atomic mass is 10.0. The van der Waals surface area contributed by atoms with Crippen LogP contribution in [0.15, 0.2) is 36.7 Å². The third kappa shape index (κ3) is 1.89. The average Bonchev–Trinajstić information content (AvgIpc) is 2.65. The van der Waals surface area contributed by atoms with Crippen LogP contribution in [0.4, 0.5) is 4.39 Å². The lowest BCUT2D eigenvalue weighted by molar-refractivity contribution is 0.599. The van der Waals surface area contributed by atoms with Gasteiger partial charge in [-0.2, -0.15) is 5.10 Å². The Balaban J connectivity index is 2.36. The highest BCUT2D eigenvalue weighted by Gasteiger charge is 2.13. The smallest absolute Gasteiger partial charge is 0.128 e. The van der Waals surface area contributed by atoms with Crippen molar-refractivity contribution in [2.24, 2.45) is 12.8 Å². The van der Waals surface area contributed by atoms with Crippen LogP contribution in [0.2, 0.25) is 0 Å². The maximum absolute atomic E-state index is 13.4. The Hall–Kier alpha value is -1.68. The molecule has 0 fully saturated rings. The van der Waals surface area contributed by atoms with Gasteiger partial charge in [0.1, 0.15) is 5.82 Å². The number of nitrogens with zero attached hydrogens (tertiary/aromatic N) is 2. The van der Waals surface area contributed by atoms with E-state index in [2.05, 4.69) is 5.10 Å². The summed E-state index contributed by atoms with van der Waals surface area (Å²) in [5.41, 5.74) is 7.24. The minimum Gasteiger partial charge on any atom is -0.320 e. The van der Waals surface area contributed by atoms with Crippen LogP contribution in [0.3, 0.4) is 0 Å². The summed E-state index contributed by atoms with van der Waals surface area (Å²) in [5, 5.41) is 4.01. The summed E-state index contributed by atoms with van der Waals surface area (Å²) in [6.45, 7) is 0. The number of benzene rings is 1. The SMILES string of the molecule is Cn1cc(C(N)c2ccccc2F)cn1. The van der Waals surface area contributed by atoms with Gasteiger partial charge in [-0.15, -0.1) is 0 Å². The molecule has 0 spiro atoms. The molecule has 0 saturated carbocycles. The molecular formula is C11H12FN3. The first-order valence-electron chi connectivity index (χ1n) is 4.67. The molecule has 1 aromatic heterocycles. The summed E-state index contributed by atoms with van der Waals surface area (Å²) < 4.78 is 15.1. The van der Waals surface area contributed by atoms with Crippen molar-refractivity contribution in [3.8, 4) is 0 Å². The summed E-state index contributed by atoms with van der Waals surface area (Å²) in [6, 6.07) is 6.06. The number of hydrogen-bond donors (Lipinski definition) is 1. The van der Waals surface area contributed by atoms with Crippen LogP contribution in [0, 0.1) is 5.82 Å². The van der Waals surface area contributed by atoms with Crippen molar-refractivity contribution in [1.29, 1.82) is 0 Å². The van der Waals surface area contributed by atoms with E-state index < -0.39 is 6.04 Å². The molecule has 0 radical (unpaired) electrons. The van der Waals surface area contributed by atoms with Gasteiger partial charge in [-0.1, -0.05) is 18.2 Å². The van der Waals surface area contributed by atoms with E-state index >= 15 is 0 Å². The standard InChI is InChI=1S/C11H12FN3/c1-15-7-8(6-14-15)11(13)9-4-2-3-5-10(9)12/h2-7,11H,13H2,1H3. The summed E-state index contributed by atoms with van der Waals surface area (Å²) in [5.74, 6) is -0.283. The molecule has 2 N–H and O–H groups in total. The second-order valence-corrected chi connectivity index (χ2v) is 3.45. The Bertz CT molecular complexity index is 464. The minimum atomic E-state index is -0.458. The van der Waals surface area contributed by atoms with E-state index in [1.807, 2.05) is 0 Å². The van der Waals surface area contributed by atoms with Crippen LogP contribution in [0.5, 0.6) is 0 Å². The van der Waals surface area contributed by atoms with Gasteiger partial charge in [0.15, 0.2) is 0 Å². The molecular weight excluding hydrogens is 193 g/mol. The van der Waals surface area contributed by atoms with Crippen molar-refractivity contribution < 1.29 is 4.39 Å². The number of nitrogens with two attached hydrogens (primary N) is 1. The molecule has 2 rings (SSSR count). The number of rotatable bonds is 2. The van der Waals surface area contributed by atoms with Crippen molar-refractivity contribution in [2.75, 3.05) is 0 Å². The van der Waals surface area contributed by atoms with Gasteiger partial charge in [0.05, 0.1) is 12.2 Å². The predicted molar refractivity (Wildman–Crippen MR) is 55.6 cm³/mol. The fraction of sp³-hybridized carbons (Fsp3) is 0.182. The molecule has 1 atom stereocenters. The monoisotopic (exact) mass is 205 g/mol. The molecule has 1 unspecified atom stereocenters. The number of hydrogen-bond acceptors (Lipinski definition) is 2. The molecule has 4 heteroatoms. The molecule has 1 heterocycles. The first-order valence-corrected chi connectivity index (χ1v) is 4.67. The zero-order valence-electron chi connectivity index (χ0n) is 8.39. The van der Waals surface area contributed by atoms with Crippen molar-refractivity contribution >= 4 is 0 Å². The predicted octanol–water partition coefficient (Wildman–Crippen LogP) is 1.61. The molecule has 2 aromatic rings. The number of aromatic nitrogens is 2. The van der Waals surface area contributed by atoms with Crippen LogP contribution in [0.25, 0.3) is 0 Å². The summed E-state index contributed by atoms with van der Waals surface area (Å²) in [4.78, 5) is 0. The normalized spacial score (nSPS) is 12.7. The van der Waals surface area contributed by atoms with Gasteiger partial charge in [0.25, 0.3) is 0 Å². The summed E-state index contributed by atoms with van der Waals surface area (Å²) in [7, 11) is 1.80. The molecule has 3 nitrogen and oxygen atoms in total. The topological polar surface area (TPSA) is 43.8 Å². The largest absolute Gasteiger partial charge is 0.320 e. The molecule has 1 aromatic carbocycles. The lowest BCUT2D eigenvalue weighted by Gasteiger charge is -2.10. The van der Waals surface area contributed by atoms with Crippen molar-refractivity contribution in [1.82, 2.24) is 9.78 Å². The lowest BCUT2D eigenvalue weighted by Crippen LogP contribution is -2.12. The molecule has 0 aliphatic rings. The Kier molecular flexibility index (Phi) is 2.51. The maximum atomic E-state index is 13.4. The van der Waals surface area contributed by atoms with E-state index in [-0.39, 0.29) is 5.82 Å². The average molecular weight is 205 g/mol. The second kappa shape index (κ2) is 3.82. The van der Waals surface area contributed by atoms with Crippen LogP contribution < -0.4 is 5.73 Å². The van der Waals surface area contributed by atoms with Crippen LogP contribution in [-0.2, 0) is 7.05 Å². The highest BCUT2D eigenvalue weighted by molar-refractivity contribution is 5.29. The molecule has 78 valence electrons. The highest BCUT2D eigenvalue weighted by atomic mass is 19.1. The molecule has 0 amide bonds. The molecule has 0 saturated heterocycles. The van der Waals surface area contributed by atoms with Gasteiger partial charge < -0.3 is 5.73 Å². The minimum absolute atomic E-state index is 0.283. The van der Waals surface area contributed by atoms with Gasteiger partial charge in [-0.3, -0.25) is 4.68 Å². The maximum Gasteiger partial charge on any atom is 0.128 e. The van der Waals surface area contributed by atoms with E-state index in [1.165, 1.54) is 6.07 Å². The quantitative estimate of drug-likeness (QED) is 0.809. The van der Waals surface area contributed by atoms with Gasteiger partial charge in [-0.05, 0) is 6.07 Å². The van der Waals surface area contributed by atoms with E-state index in [1.54, 1.807) is 42.3 Å². The Labute approximate surface area is 87.3 Å². The van der Waals surface area contributed by atoms with Crippen molar-refractivity contribution in [3.63, 3.8) is 0 Å². The van der Waals surface area contributed by atoms with Gasteiger partial charge >= 0.3 is 0 Å². The molecule has 15 heavy (non-hydrogen) atoms.